The molecule has 14 heavy (non-hydrogen) atoms. The van der Waals surface area contributed by atoms with Crippen molar-refractivity contribution in [1.82, 2.24) is 0 Å². The van der Waals surface area contributed by atoms with Gasteiger partial charge in [0, 0.05) is 11.5 Å². The van der Waals surface area contributed by atoms with Crippen LogP contribution in [0.2, 0.25) is 0 Å². The van der Waals surface area contributed by atoms with E-state index in [1.165, 1.54) is 4.88 Å². The van der Waals surface area contributed by atoms with Gasteiger partial charge in [-0.3, -0.25) is 4.79 Å². The van der Waals surface area contributed by atoms with E-state index in [1.54, 1.807) is 11.3 Å². The summed E-state index contributed by atoms with van der Waals surface area (Å²) in [4.78, 5) is 13.6. The Kier molecular flexibility index (Phi) is 4.84. The highest BCUT2D eigenvalue weighted by Gasteiger charge is 2.08. The molecule has 0 atom stereocenters. The van der Waals surface area contributed by atoms with Crippen molar-refractivity contribution in [1.29, 1.82) is 0 Å². The molecule has 1 aromatic heterocycles. The number of hydrogen-bond acceptors (Lipinski definition) is 3. The van der Waals surface area contributed by atoms with Crippen LogP contribution in [-0.4, -0.2) is 19.0 Å². The molecule has 0 aliphatic carbocycles. The number of carbonyl (C=O) groups is 1. The van der Waals surface area contributed by atoms with Gasteiger partial charge in [0.15, 0.2) is 5.78 Å². The molecule has 0 bridgehead atoms. The Bertz CT molecular complexity index is 291. The standard InChI is InChI=1S/C11H16O2S/c1-3-7-13-8-10(12)11-6-5-9(4-2)14-11/h5-6H,3-4,7-8H2,1-2H3. The van der Waals surface area contributed by atoms with E-state index in [0.717, 1.165) is 17.7 Å². The van der Waals surface area contributed by atoms with E-state index in [-0.39, 0.29) is 12.4 Å². The lowest BCUT2D eigenvalue weighted by atomic mass is 10.3. The second-order valence-electron chi connectivity index (χ2n) is 3.10. The topological polar surface area (TPSA) is 26.3 Å². The van der Waals surface area contributed by atoms with Gasteiger partial charge in [0.1, 0.15) is 6.61 Å². The summed E-state index contributed by atoms with van der Waals surface area (Å²) >= 11 is 1.57. The zero-order valence-electron chi connectivity index (χ0n) is 8.71. The lowest BCUT2D eigenvalue weighted by molar-refractivity contribution is 0.0765. The van der Waals surface area contributed by atoms with Gasteiger partial charge < -0.3 is 4.74 Å². The molecule has 0 unspecified atom stereocenters. The highest BCUT2D eigenvalue weighted by molar-refractivity contribution is 7.14. The predicted octanol–water partition coefficient (Wildman–Crippen LogP) is 2.92. The van der Waals surface area contributed by atoms with E-state index in [2.05, 4.69) is 6.92 Å². The van der Waals surface area contributed by atoms with Gasteiger partial charge in [0.25, 0.3) is 0 Å². The zero-order chi connectivity index (χ0) is 10.4. The quantitative estimate of drug-likeness (QED) is 0.535. The SMILES string of the molecule is CCCOCC(=O)c1ccc(CC)s1. The van der Waals surface area contributed by atoms with Crippen LogP contribution in [0.15, 0.2) is 12.1 Å². The van der Waals surface area contributed by atoms with Crippen LogP contribution in [0.4, 0.5) is 0 Å². The smallest absolute Gasteiger partial charge is 0.198 e. The molecule has 0 aromatic carbocycles. The van der Waals surface area contributed by atoms with E-state index in [1.807, 2.05) is 19.1 Å². The maximum atomic E-state index is 11.5. The van der Waals surface area contributed by atoms with Gasteiger partial charge in [0.05, 0.1) is 4.88 Å². The molecular weight excluding hydrogens is 196 g/mol. The monoisotopic (exact) mass is 212 g/mol. The molecular formula is C11H16O2S. The molecule has 0 aliphatic heterocycles. The summed E-state index contributed by atoms with van der Waals surface area (Å²) in [6, 6.07) is 3.90. The number of carbonyl (C=O) groups excluding carboxylic acids is 1. The molecule has 0 saturated heterocycles. The first-order valence-corrected chi connectivity index (χ1v) is 5.79. The number of thiophene rings is 1. The highest BCUT2D eigenvalue weighted by Crippen LogP contribution is 2.17. The van der Waals surface area contributed by atoms with Gasteiger partial charge >= 0.3 is 0 Å². The number of ketones is 1. The Labute approximate surface area is 88.9 Å². The lowest BCUT2D eigenvalue weighted by Crippen LogP contribution is -2.07. The van der Waals surface area contributed by atoms with Gasteiger partial charge in [0.2, 0.25) is 0 Å². The molecule has 0 fully saturated rings. The molecule has 0 amide bonds. The van der Waals surface area contributed by atoms with Crippen molar-refractivity contribution in [2.75, 3.05) is 13.2 Å². The average molecular weight is 212 g/mol. The van der Waals surface area contributed by atoms with E-state index >= 15 is 0 Å². The van der Waals surface area contributed by atoms with Gasteiger partial charge in [-0.2, -0.15) is 0 Å². The van der Waals surface area contributed by atoms with Crippen molar-refractivity contribution in [2.45, 2.75) is 26.7 Å². The van der Waals surface area contributed by atoms with Crippen LogP contribution < -0.4 is 0 Å². The van der Waals surface area contributed by atoms with Crippen molar-refractivity contribution in [2.24, 2.45) is 0 Å². The summed E-state index contributed by atoms with van der Waals surface area (Å²) in [6.45, 7) is 5.01. The van der Waals surface area contributed by atoms with Crippen LogP contribution in [0.5, 0.6) is 0 Å². The van der Waals surface area contributed by atoms with Crippen molar-refractivity contribution >= 4 is 17.1 Å². The maximum Gasteiger partial charge on any atom is 0.198 e. The molecule has 2 nitrogen and oxygen atoms in total. The third-order valence-electron chi connectivity index (χ3n) is 1.87. The average Bonchev–Trinajstić information content (AvgIpc) is 2.66. The summed E-state index contributed by atoms with van der Waals surface area (Å²) < 4.78 is 5.20. The maximum absolute atomic E-state index is 11.5. The summed E-state index contributed by atoms with van der Waals surface area (Å²) in [6.07, 6.45) is 1.95. The van der Waals surface area contributed by atoms with Gasteiger partial charge in [-0.05, 0) is 25.0 Å². The van der Waals surface area contributed by atoms with Gasteiger partial charge in [-0.1, -0.05) is 13.8 Å². The van der Waals surface area contributed by atoms with Gasteiger partial charge in [-0.15, -0.1) is 11.3 Å². The number of Topliss-reactive ketones (excluding diaryl/α,β-unsaturated/α-hetero) is 1. The molecule has 0 spiro atoms. The predicted molar refractivity (Wildman–Crippen MR) is 59.1 cm³/mol. The van der Waals surface area contributed by atoms with Crippen LogP contribution in [-0.2, 0) is 11.2 Å². The second-order valence-corrected chi connectivity index (χ2v) is 4.26. The largest absolute Gasteiger partial charge is 0.373 e. The summed E-state index contributed by atoms with van der Waals surface area (Å²) in [5, 5.41) is 0. The lowest BCUT2D eigenvalue weighted by Gasteiger charge is -1.98. The van der Waals surface area contributed by atoms with Crippen LogP contribution in [0.1, 0.15) is 34.8 Å². The minimum atomic E-state index is 0.100. The molecule has 1 aromatic rings. The molecule has 0 saturated carbocycles. The first kappa shape index (κ1) is 11.4. The Morgan fingerprint density at radius 1 is 1.43 bits per heavy atom. The second kappa shape index (κ2) is 5.94. The molecule has 0 aliphatic rings. The molecule has 1 heterocycles. The Morgan fingerprint density at radius 3 is 2.79 bits per heavy atom. The minimum Gasteiger partial charge on any atom is -0.373 e. The first-order chi connectivity index (χ1) is 6.77. The molecule has 0 N–H and O–H groups in total. The van der Waals surface area contributed by atoms with E-state index in [0.29, 0.717) is 6.61 Å². The fraction of sp³-hybridized carbons (Fsp3) is 0.545. The van der Waals surface area contributed by atoms with Crippen LogP contribution >= 0.6 is 11.3 Å². The number of rotatable bonds is 6. The van der Waals surface area contributed by atoms with E-state index < -0.39 is 0 Å². The first-order valence-electron chi connectivity index (χ1n) is 4.97. The summed E-state index contributed by atoms with van der Waals surface area (Å²) in [5.41, 5.74) is 0. The van der Waals surface area contributed by atoms with Crippen molar-refractivity contribution < 1.29 is 9.53 Å². The number of aryl methyl sites for hydroxylation is 1. The summed E-state index contributed by atoms with van der Waals surface area (Å²) in [7, 11) is 0. The van der Waals surface area contributed by atoms with Crippen LogP contribution in [0, 0.1) is 0 Å². The molecule has 78 valence electrons. The van der Waals surface area contributed by atoms with Crippen LogP contribution in [0.25, 0.3) is 0 Å². The molecule has 1 rings (SSSR count). The van der Waals surface area contributed by atoms with Crippen molar-refractivity contribution in [3.8, 4) is 0 Å². The van der Waals surface area contributed by atoms with E-state index in [9.17, 15) is 4.79 Å². The number of ether oxygens (including phenoxy) is 1. The Balaban J connectivity index is 2.44. The third-order valence-corrected chi connectivity index (χ3v) is 3.14. The highest BCUT2D eigenvalue weighted by atomic mass is 32.1. The Morgan fingerprint density at radius 2 is 2.21 bits per heavy atom. The number of hydrogen-bond donors (Lipinski definition) is 0. The third kappa shape index (κ3) is 3.24. The van der Waals surface area contributed by atoms with Crippen molar-refractivity contribution in [3.05, 3.63) is 21.9 Å². The fourth-order valence-corrected chi connectivity index (χ4v) is 1.97. The van der Waals surface area contributed by atoms with Crippen molar-refractivity contribution in [3.63, 3.8) is 0 Å². The normalized spacial score (nSPS) is 10.4. The van der Waals surface area contributed by atoms with E-state index in [4.69, 9.17) is 4.74 Å². The summed E-state index contributed by atoms with van der Waals surface area (Å²) in [5.74, 6) is 0.100. The fourth-order valence-electron chi connectivity index (χ4n) is 1.10. The minimum absolute atomic E-state index is 0.100. The zero-order valence-corrected chi connectivity index (χ0v) is 9.52. The molecule has 3 heteroatoms. The Hall–Kier alpha value is -0.670. The molecule has 0 radical (unpaired) electrons. The van der Waals surface area contributed by atoms with Gasteiger partial charge in [-0.25, -0.2) is 0 Å². The van der Waals surface area contributed by atoms with Crippen LogP contribution in [0.3, 0.4) is 0 Å².